The number of hydrogen-bond donors (Lipinski definition) is 1. The summed E-state index contributed by atoms with van der Waals surface area (Å²) < 4.78 is 11.1. The van der Waals surface area contributed by atoms with E-state index in [-0.39, 0.29) is 17.6 Å². The molecule has 6 nitrogen and oxygen atoms in total. The Morgan fingerprint density at radius 3 is 2.67 bits per heavy atom. The van der Waals surface area contributed by atoms with E-state index in [4.69, 9.17) is 14.6 Å². The first-order valence-electron chi connectivity index (χ1n) is 8.10. The Kier molecular flexibility index (Phi) is 5.36. The zero-order chi connectivity index (χ0) is 17.9. The van der Waals surface area contributed by atoms with Crippen LogP contribution in [-0.2, 0) is 4.74 Å². The highest BCUT2D eigenvalue weighted by atomic mass is 16.6. The van der Waals surface area contributed by atoms with Crippen LogP contribution in [0.15, 0.2) is 18.2 Å². The molecule has 1 aliphatic heterocycles. The molecule has 1 amide bonds. The number of likely N-dealkylation sites (tertiary alicyclic amines) is 1. The maximum absolute atomic E-state index is 12.0. The topological polar surface area (TPSA) is 76.1 Å². The van der Waals surface area contributed by atoms with Crippen molar-refractivity contribution in [1.82, 2.24) is 4.90 Å². The van der Waals surface area contributed by atoms with Crippen molar-refractivity contribution in [3.63, 3.8) is 0 Å². The molecule has 1 unspecified atom stereocenters. The number of amides is 1. The van der Waals surface area contributed by atoms with Crippen LogP contribution in [0.1, 0.15) is 43.1 Å². The molecule has 0 spiro atoms. The molecule has 1 atom stereocenters. The molecule has 0 aromatic heterocycles. The van der Waals surface area contributed by atoms with Crippen LogP contribution in [0.2, 0.25) is 0 Å². The third kappa shape index (κ3) is 4.88. The van der Waals surface area contributed by atoms with E-state index < -0.39 is 11.6 Å². The lowest BCUT2D eigenvalue weighted by Crippen LogP contribution is -2.35. The van der Waals surface area contributed by atoms with Crippen LogP contribution in [0, 0.1) is 12.8 Å². The van der Waals surface area contributed by atoms with Crippen molar-refractivity contribution >= 4 is 12.1 Å². The van der Waals surface area contributed by atoms with Gasteiger partial charge in [0, 0.05) is 19.0 Å². The first-order chi connectivity index (χ1) is 11.2. The van der Waals surface area contributed by atoms with Crippen molar-refractivity contribution < 1.29 is 24.2 Å². The molecule has 0 bridgehead atoms. The van der Waals surface area contributed by atoms with Gasteiger partial charge in [-0.2, -0.15) is 0 Å². The lowest BCUT2D eigenvalue weighted by Gasteiger charge is -2.24. The van der Waals surface area contributed by atoms with Crippen LogP contribution in [0.3, 0.4) is 0 Å². The number of aromatic carboxylic acids is 1. The summed E-state index contributed by atoms with van der Waals surface area (Å²) in [5.41, 5.74) is 0.446. The van der Waals surface area contributed by atoms with E-state index in [1.165, 1.54) is 6.07 Å². The number of ether oxygens (including phenoxy) is 2. The number of aryl methyl sites for hydroxylation is 1. The molecule has 0 saturated carbocycles. The second-order valence-electron chi connectivity index (χ2n) is 7.17. The Labute approximate surface area is 142 Å². The van der Waals surface area contributed by atoms with Crippen molar-refractivity contribution in [1.29, 1.82) is 0 Å². The van der Waals surface area contributed by atoms with Crippen LogP contribution in [0.4, 0.5) is 4.79 Å². The summed E-state index contributed by atoms with van der Waals surface area (Å²) in [6.07, 6.45) is 0.546. The van der Waals surface area contributed by atoms with Crippen LogP contribution in [-0.4, -0.2) is 47.4 Å². The molecule has 0 radical (unpaired) electrons. The predicted molar refractivity (Wildman–Crippen MR) is 89.5 cm³/mol. The minimum Gasteiger partial charge on any atom is -0.493 e. The van der Waals surface area contributed by atoms with Gasteiger partial charge in [0.25, 0.3) is 0 Å². The molecule has 2 rings (SSSR count). The quantitative estimate of drug-likeness (QED) is 0.913. The van der Waals surface area contributed by atoms with E-state index in [1.54, 1.807) is 24.0 Å². The molecule has 6 heteroatoms. The SMILES string of the molecule is Cc1ccc(OCC2CCN(C(=O)OC(C)(C)C)C2)cc1C(=O)O. The molecule has 1 saturated heterocycles. The molecule has 132 valence electrons. The lowest BCUT2D eigenvalue weighted by molar-refractivity contribution is 0.0284. The van der Waals surface area contributed by atoms with E-state index >= 15 is 0 Å². The van der Waals surface area contributed by atoms with Gasteiger partial charge in [-0.25, -0.2) is 9.59 Å². The Balaban J connectivity index is 1.87. The Bertz CT molecular complexity index is 620. The number of benzene rings is 1. The van der Waals surface area contributed by atoms with E-state index in [0.717, 1.165) is 6.42 Å². The normalized spacial score (nSPS) is 17.7. The number of hydrogen-bond acceptors (Lipinski definition) is 4. The zero-order valence-corrected chi connectivity index (χ0v) is 14.7. The number of carbonyl (C=O) groups is 2. The van der Waals surface area contributed by atoms with Crippen molar-refractivity contribution in [3.8, 4) is 5.75 Å². The van der Waals surface area contributed by atoms with Crippen molar-refractivity contribution in [2.24, 2.45) is 5.92 Å². The first kappa shape index (κ1) is 18.1. The summed E-state index contributed by atoms with van der Waals surface area (Å²) in [5.74, 6) is -0.212. The fourth-order valence-electron chi connectivity index (χ4n) is 2.60. The number of carboxylic acid groups (broad SMARTS) is 1. The van der Waals surface area contributed by atoms with Crippen molar-refractivity contribution in [2.45, 2.75) is 39.7 Å². The molecule has 1 fully saturated rings. The van der Waals surface area contributed by atoms with Gasteiger partial charge in [-0.05, 0) is 51.8 Å². The van der Waals surface area contributed by atoms with Gasteiger partial charge in [0.15, 0.2) is 0 Å². The summed E-state index contributed by atoms with van der Waals surface area (Å²) in [7, 11) is 0. The predicted octanol–water partition coefficient (Wildman–Crippen LogP) is 3.33. The van der Waals surface area contributed by atoms with E-state index in [9.17, 15) is 9.59 Å². The van der Waals surface area contributed by atoms with Gasteiger partial charge in [0.1, 0.15) is 11.4 Å². The van der Waals surface area contributed by atoms with Gasteiger partial charge in [-0.15, -0.1) is 0 Å². The molecule has 1 aromatic carbocycles. The van der Waals surface area contributed by atoms with Crippen LogP contribution in [0.5, 0.6) is 5.75 Å². The molecule has 0 aliphatic carbocycles. The molecule has 24 heavy (non-hydrogen) atoms. The monoisotopic (exact) mass is 335 g/mol. The largest absolute Gasteiger partial charge is 0.493 e. The van der Waals surface area contributed by atoms with Crippen LogP contribution >= 0.6 is 0 Å². The minimum absolute atomic E-state index is 0.215. The first-order valence-corrected chi connectivity index (χ1v) is 8.10. The van der Waals surface area contributed by atoms with Gasteiger partial charge in [-0.1, -0.05) is 6.07 Å². The van der Waals surface area contributed by atoms with Gasteiger partial charge < -0.3 is 19.5 Å². The summed E-state index contributed by atoms with van der Waals surface area (Å²) in [6.45, 7) is 8.98. The Morgan fingerprint density at radius 2 is 2.04 bits per heavy atom. The standard InChI is InChI=1S/C18H25NO5/c1-12-5-6-14(9-15(12)16(20)21)23-11-13-7-8-19(10-13)17(22)24-18(2,3)4/h5-6,9,13H,7-8,10-11H2,1-4H3,(H,20,21). The Hall–Kier alpha value is -2.24. The third-order valence-electron chi connectivity index (χ3n) is 3.86. The molecule has 1 aromatic rings. The van der Waals surface area contributed by atoms with Gasteiger partial charge in [0.05, 0.1) is 12.2 Å². The Morgan fingerprint density at radius 1 is 1.33 bits per heavy atom. The summed E-state index contributed by atoms with van der Waals surface area (Å²) in [6, 6.07) is 5.04. The maximum Gasteiger partial charge on any atom is 0.410 e. The second-order valence-corrected chi connectivity index (χ2v) is 7.17. The zero-order valence-electron chi connectivity index (χ0n) is 14.7. The number of rotatable bonds is 4. The maximum atomic E-state index is 12.0. The molecule has 1 aliphatic rings. The summed E-state index contributed by atoms with van der Waals surface area (Å²) >= 11 is 0. The molecule has 1 N–H and O–H groups in total. The fourth-order valence-corrected chi connectivity index (χ4v) is 2.60. The molecular weight excluding hydrogens is 310 g/mol. The highest BCUT2D eigenvalue weighted by molar-refractivity contribution is 5.89. The smallest absolute Gasteiger partial charge is 0.410 e. The van der Waals surface area contributed by atoms with Gasteiger partial charge in [-0.3, -0.25) is 0 Å². The summed E-state index contributed by atoms with van der Waals surface area (Å²) in [4.78, 5) is 24.9. The second kappa shape index (κ2) is 7.11. The average Bonchev–Trinajstić information content (AvgIpc) is 2.93. The average molecular weight is 335 g/mol. The minimum atomic E-state index is -0.963. The molecular formula is C18H25NO5. The highest BCUT2D eigenvalue weighted by Gasteiger charge is 2.30. The van der Waals surface area contributed by atoms with Gasteiger partial charge in [0.2, 0.25) is 0 Å². The number of carboxylic acids is 1. The van der Waals surface area contributed by atoms with Crippen molar-refractivity contribution in [3.05, 3.63) is 29.3 Å². The van der Waals surface area contributed by atoms with Crippen molar-refractivity contribution in [2.75, 3.05) is 19.7 Å². The van der Waals surface area contributed by atoms with Gasteiger partial charge >= 0.3 is 12.1 Å². The number of nitrogens with zero attached hydrogens (tertiary/aromatic N) is 1. The summed E-state index contributed by atoms with van der Waals surface area (Å²) in [5, 5.41) is 9.14. The lowest BCUT2D eigenvalue weighted by atomic mass is 10.1. The van der Waals surface area contributed by atoms with E-state index in [0.29, 0.717) is 31.0 Å². The van der Waals surface area contributed by atoms with Crippen LogP contribution in [0.25, 0.3) is 0 Å². The highest BCUT2D eigenvalue weighted by Crippen LogP contribution is 2.22. The number of carbonyl (C=O) groups excluding carboxylic acids is 1. The third-order valence-corrected chi connectivity index (χ3v) is 3.86. The molecule has 1 heterocycles. The van der Waals surface area contributed by atoms with E-state index in [1.807, 2.05) is 20.8 Å². The van der Waals surface area contributed by atoms with Crippen LogP contribution < -0.4 is 4.74 Å². The van der Waals surface area contributed by atoms with E-state index in [2.05, 4.69) is 0 Å². The fraction of sp³-hybridized carbons (Fsp3) is 0.556.